The molecule has 0 heterocycles. The summed E-state index contributed by atoms with van der Waals surface area (Å²) in [5.41, 5.74) is 7.85. The minimum Gasteiger partial charge on any atom is -0.321 e. The second-order valence-corrected chi connectivity index (χ2v) is 5.85. The van der Waals surface area contributed by atoms with Crippen LogP contribution in [-0.2, 0) is 5.54 Å². The van der Waals surface area contributed by atoms with Gasteiger partial charge in [-0.25, -0.2) is 4.39 Å². The van der Waals surface area contributed by atoms with Gasteiger partial charge in [-0.2, -0.15) is 0 Å². The van der Waals surface area contributed by atoms with Gasteiger partial charge >= 0.3 is 0 Å². The van der Waals surface area contributed by atoms with E-state index in [4.69, 9.17) is 5.73 Å². The second-order valence-electron chi connectivity index (χ2n) is 5.85. The fraction of sp³-hybridized carbons (Fsp3) is 0.625. The first-order valence-electron chi connectivity index (χ1n) is 7.10. The highest BCUT2D eigenvalue weighted by Crippen LogP contribution is 2.39. The van der Waals surface area contributed by atoms with E-state index >= 15 is 0 Å². The van der Waals surface area contributed by atoms with Crippen molar-refractivity contribution in [3.8, 4) is 0 Å². The molecule has 0 radical (unpaired) electrons. The molecular formula is C16H24FN. The van der Waals surface area contributed by atoms with Crippen LogP contribution in [0.15, 0.2) is 18.2 Å². The topological polar surface area (TPSA) is 26.0 Å². The average molecular weight is 249 g/mol. The van der Waals surface area contributed by atoms with Crippen LogP contribution in [0.25, 0.3) is 0 Å². The average Bonchev–Trinajstić information content (AvgIpc) is 2.36. The lowest BCUT2D eigenvalue weighted by Gasteiger charge is -2.37. The monoisotopic (exact) mass is 249 g/mol. The summed E-state index contributed by atoms with van der Waals surface area (Å²) in [6, 6.07) is 5.48. The van der Waals surface area contributed by atoms with Crippen molar-refractivity contribution in [2.45, 2.75) is 57.9 Å². The normalized spacial score (nSPS) is 28.3. The number of rotatable bonds is 3. The van der Waals surface area contributed by atoms with Crippen molar-refractivity contribution in [2.75, 3.05) is 0 Å². The highest BCUT2D eigenvalue weighted by Gasteiger charge is 2.33. The zero-order chi connectivity index (χ0) is 13.2. The van der Waals surface area contributed by atoms with E-state index < -0.39 is 0 Å². The molecule has 1 aliphatic rings. The van der Waals surface area contributed by atoms with Crippen molar-refractivity contribution in [1.29, 1.82) is 0 Å². The van der Waals surface area contributed by atoms with Gasteiger partial charge in [0.2, 0.25) is 0 Å². The fourth-order valence-electron chi connectivity index (χ4n) is 3.08. The van der Waals surface area contributed by atoms with Crippen LogP contribution < -0.4 is 5.73 Å². The summed E-state index contributed by atoms with van der Waals surface area (Å²) in [4.78, 5) is 0. The van der Waals surface area contributed by atoms with E-state index in [0.29, 0.717) is 5.56 Å². The van der Waals surface area contributed by atoms with Gasteiger partial charge in [-0.15, -0.1) is 0 Å². The Morgan fingerprint density at radius 1 is 1.33 bits per heavy atom. The van der Waals surface area contributed by atoms with Gasteiger partial charge in [-0.3, -0.25) is 0 Å². The minimum atomic E-state index is -0.307. The number of hydrogen-bond acceptors (Lipinski definition) is 1. The first-order chi connectivity index (χ1) is 8.55. The summed E-state index contributed by atoms with van der Waals surface area (Å²) in [7, 11) is 0. The lowest BCUT2D eigenvalue weighted by atomic mass is 9.72. The smallest absolute Gasteiger partial charge is 0.126 e. The molecule has 1 fully saturated rings. The van der Waals surface area contributed by atoms with Gasteiger partial charge in [0.25, 0.3) is 0 Å². The number of hydrogen-bond donors (Lipinski definition) is 1. The maximum absolute atomic E-state index is 13.6. The first-order valence-corrected chi connectivity index (χ1v) is 7.10. The third-order valence-electron chi connectivity index (χ3n) is 4.44. The van der Waals surface area contributed by atoms with E-state index in [1.54, 1.807) is 13.0 Å². The summed E-state index contributed by atoms with van der Waals surface area (Å²) in [6.45, 7) is 4.03. The molecule has 1 saturated carbocycles. The van der Waals surface area contributed by atoms with Crippen molar-refractivity contribution < 1.29 is 4.39 Å². The Morgan fingerprint density at radius 2 is 2.00 bits per heavy atom. The minimum absolute atomic E-state index is 0.131. The second kappa shape index (κ2) is 5.40. The van der Waals surface area contributed by atoms with E-state index in [9.17, 15) is 4.39 Å². The van der Waals surface area contributed by atoms with Crippen LogP contribution in [0.5, 0.6) is 0 Å². The van der Waals surface area contributed by atoms with Crippen LogP contribution in [0, 0.1) is 18.7 Å². The lowest BCUT2D eigenvalue weighted by molar-refractivity contribution is 0.226. The van der Waals surface area contributed by atoms with Gasteiger partial charge in [0.15, 0.2) is 0 Å². The van der Waals surface area contributed by atoms with Gasteiger partial charge < -0.3 is 5.73 Å². The molecule has 100 valence electrons. The van der Waals surface area contributed by atoms with E-state index in [1.165, 1.54) is 25.7 Å². The van der Waals surface area contributed by atoms with Crippen LogP contribution in [0.1, 0.15) is 56.6 Å². The summed E-state index contributed by atoms with van der Waals surface area (Å²) in [5, 5.41) is 0. The summed E-state index contributed by atoms with van der Waals surface area (Å²) in [5.74, 6) is 0.690. The molecule has 0 amide bonds. The molecule has 2 heteroatoms. The van der Waals surface area contributed by atoms with Crippen LogP contribution in [-0.4, -0.2) is 0 Å². The van der Waals surface area contributed by atoms with E-state index in [0.717, 1.165) is 24.3 Å². The molecule has 1 aromatic carbocycles. The molecule has 0 unspecified atom stereocenters. The van der Waals surface area contributed by atoms with E-state index in [2.05, 4.69) is 6.92 Å². The Kier molecular flexibility index (Phi) is 4.06. The maximum atomic E-state index is 13.6. The van der Waals surface area contributed by atoms with Crippen LogP contribution in [0.2, 0.25) is 0 Å². The first kappa shape index (κ1) is 13.5. The Hall–Kier alpha value is -0.890. The predicted octanol–water partition coefficient (Wildman–Crippen LogP) is 4.28. The van der Waals surface area contributed by atoms with Gasteiger partial charge in [0.1, 0.15) is 5.82 Å². The summed E-state index contributed by atoms with van der Waals surface area (Å²) < 4.78 is 13.6. The number of halogens is 1. The number of benzene rings is 1. The predicted molar refractivity (Wildman–Crippen MR) is 73.9 cm³/mol. The van der Waals surface area contributed by atoms with Crippen LogP contribution in [0.3, 0.4) is 0 Å². The molecular weight excluding hydrogens is 225 g/mol. The molecule has 0 saturated heterocycles. The molecule has 1 aromatic rings. The number of aryl methyl sites for hydroxylation is 1. The van der Waals surface area contributed by atoms with Crippen LogP contribution in [0.4, 0.5) is 4.39 Å². The zero-order valence-electron chi connectivity index (χ0n) is 11.5. The Balaban J connectivity index is 2.10. The highest BCUT2D eigenvalue weighted by atomic mass is 19.1. The number of nitrogens with two attached hydrogens (primary N) is 1. The van der Waals surface area contributed by atoms with Crippen molar-refractivity contribution in [2.24, 2.45) is 11.7 Å². The molecule has 0 aliphatic heterocycles. The van der Waals surface area contributed by atoms with E-state index in [1.807, 2.05) is 12.1 Å². The Labute approximate surface area is 110 Å². The molecule has 0 atom stereocenters. The van der Waals surface area contributed by atoms with Crippen molar-refractivity contribution in [3.05, 3.63) is 35.1 Å². The molecule has 18 heavy (non-hydrogen) atoms. The third-order valence-corrected chi connectivity index (χ3v) is 4.44. The Morgan fingerprint density at radius 3 is 2.56 bits per heavy atom. The van der Waals surface area contributed by atoms with Gasteiger partial charge in [0.05, 0.1) is 0 Å². The standard InChI is InChI=1S/C16H24FN/c1-3-4-13-7-9-16(18,10-8-13)14-6-5-12(2)15(17)11-14/h5-6,11,13H,3-4,7-10,18H2,1-2H3. The van der Waals surface area contributed by atoms with Crippen LogP contribution >= 0.6 is 0 Å². The SMILES string of the molecule is CCCC1CCC(N)(c2ccc(C)c(F)c2)CC1. The Bertz CT molecular complexity index is 406. The zero-order valence-corrected chi connectivity index (χ0v) is 11.5. The molecule has 2 rings (SSSR count). The highest BCUT2D eigenvalue weighted by molar-refractivity contribution is 5.29. The van der Waals surface area contributed by atoms with Crippen molar-refractivity contribution >= 4 is 0 Å². The quantitative estimate of drug-likeness (QED) is 0.850. The molecule has 1 aliphatic carbocycles. The van der Waals surface area contributed by atoms with Gasteiger partial charge in [-0.1, -0.05) is 31.9 Å². The van der Waals surface area contributed by atoms with Crippen molar-refractivity contribution in [1.82, 2.24) is 0 Å². The summed E-state index contributed by atoms with van der Waals surface area (Å²) in [6.07, 6.45) is 6.89. The molecule has 1 nitrogen and oxygen atoms in total. The lowest BCUT2D eigenvalue weighted by Crippen LogP contribution is -2.40. The van der Waals surface area contributed by atoms with Crippen molar-refractivity contribution in [3.63, 3.8) is 0 Å². The molecule has 2 N–H and O–H groups in total. The largest absolute Gasteiger partial charge is 0.321 e. The van der Waals surface area contributed by atoms with Gasteiger partial charge in [0, 0.05) is 5.54 Å². The molecule has 0 spiro atoms. The fourth-order valence-corrected chi connectivity index (χ4v) is 3.08. The third kappa shape index (κ3) is 2.74. The van der Waals surface area contributed by atoms with Gasteiger partial charge in [-0.05, 0) is 55.7 Å². The molecule has 0 bridgehead atoms. The summed E-state index contributed by atoms with van der Waals surface area (Å²) >= 11 is 0. The van der Waals surface area contributed by atoms with E-state index in [-0.39, 0.29) is 11.4 Å². The maximum Gasteiger partial charge on any atom is 0.126 e. The molecule has 0 aromatic heterocycles.